The third-order valence-electron chi connectivity index (χ3n) is 1.40. The van der Waals surface area contributed by atoms with Crippen LogP contribution in [-0.2, 0) is 23.2 Å². The summed E-state index contributed by atoms with van der Waals surface area (Å²) in [7, 11) is 0. The van der Waals surface area contributed by atoms with Crippen LogP contribution < -0.4 is 24.8 Å². The van der Waals surface area contributed by atoms with Crippen LogP contribution >= 0.6 is 0 Å². The first-order valence-electron chi connectivity index (χ1n) is 3.31. The van der Waals surface area contributed by atoms with Gasteiger partial charge in [-0.25, -0.2) is 0 Å². The van der Waals surface area contributed by atoms with Crippen LogP contribution in [0.3, 0.4) is 0 Å². The van der Waals surface area contributed by atoms with Gasteiger partial charge in [0.2, 0.25) is 0 Å². The van der Waals surface area contributed by atoms with Crippen molar-refractivity contribution in [1.29, 1.82) is 0 Å². The maximum Gasteiger partial charge on any atom is -1.00 e. The van der Waals surface area contributed by atoms with E-state index >= 15 is 0 Å². The first-order chi connectivity index (χ1) is 5.45. The molecule has 0 fully saturated rings. The van der Waals surface area contributed by atoms with Crippen molar-refractivity contribution in [2.24, 2.45) is 0 Å². The van der Waals surface area contributed by atoms with Gasteiger partial charge < -0.3 is 24.8 Å². The fourth-order valence-electron chi connectivity index (χ4n) is 0.904. The molecule has 0 saturated heterocycles. The van der Waals surface area contributed by atoms with Gasteiger partial charge in [0.15, 0.2) is 0 Å². The summed E-state index contributed by atoms with van der Waals surface area (Å²) < 4.78 is 4.15. The molecule has 0 amide bonds. The summed E-state index contributed by atoms with van der Waals surface area (Å²) in [5.74, 6) is 0. The molecule has 0 aromatic carbocycles. The van der Waals surface area contributed by atoms with Gasteiger partial charge in [-0.15, -0.1) is 0 Å². The standard InChI is InChI=1S/C5H5.CHAs4.2ClH.Zr/c2*1-2-4-5-3-1;;;/h1-3H,4H2;2H;2*1H;/q;;;;+2/p-2. The van der Waals surface area contributed by atoms with E-state index in [-0.39, 0.29) is 48.0 Å². The third kappa shape index (κ3) is 5.78. The number of allylic oxidation sites excluding steroid dienone is 4. The molecule has 0 saturated carbocycles. The maximum absolute atomic E-state index is 2.41. The summed E-state index contributed by atoms with van der Waals surface area (Å²) in [6.45, 7) is 0. The van der Waals surface area contributed by atoms with Gasteiger partial charge in [0.1, 0.15) is 0 Å². The van der Waals surface area contributed by atoms with Crippen LogP contribution in [0.15, 0.2) is 21.5 Å². The number of halogens is 2. The normalized spacial score (nSPS) is 22.5. The number of hydrogen-bond donors (Lipinski definition) is 0. The molecule has 1 aliphatic carbocycles. The molecular weight excluding hydrogens is 534 g/mol. The Kier molecular flexibility index (Phi) is 11.3. The number of rotatable bonds is 2. The van der Waals surface area contributed by atoms with Crippen LogP contribution in [0.4, 0.5) is 0 Å². The van der Waals surface area contributed by atoms with E-state index in [0.29, 0.717) is 13.7 Å². The van der Waals surface area contributed by atoms with Gasteiger partial charge in [-0.2, -0.15) is 0 Å². The molecule has 13 heavy (non-hydrogen) atoms. The van der Waals surface area contributed by atoms with E-state index in [9.17, 15) is 0 Å². The van der Waals surface area contributed by atoms with Gasteiger partial charge in [-0.1, -0.05) is 0 Å². The van der Waals surface area contributed by atoms with E-state index in [2.05, 4.69) is 19.0 Å². The minimum absolute atomic E-state index is 0. The van der Waals surface area contributed by atoms with Gasteiger partial charge in [0.25, 0.3) is 0 Å². The maximum atomic E-state index is 2.41. The predicted molar refractivity (Wildman–Crippen MR) is 51.3 cm³/mol. The van der Waals surface area contributed by atoms with Gasteiger partial charge in [0, 0.05) is 0 Å². The molecule has 1 aliphatic heterocycles. The van der Waals surface area contributed by atoms with Crippen LogP contribution in [0, 0.1) is 0 Å². The van der Waals surface area contributed by atoms with E-state index < -0.39 is 0 Å². The average molecular weight is 540 g/mol. The van der Waals surface area contributed by atoms with Gasteiger partial charge in [-0.3, -0.25) is 0 Å². The first kappa shape index (κ1) is 16.0. The number of hydrogen-bond acceptors (Lipinski definition) is 0. The van der Waals surface area contributed by atoms with Crippen molar-refractivity contribution in [2.75, 3.05) is 0 Å². The van der Waals surface area contributed by atoms with E-state index in [4.69, 9.17) is 0 Å². The summed E-state index contributed by atoms with van der Waals surface area (Å²) in [6.07, 6.45) is 8.36. The quantitative estimate of drug-likeness (QED) is 0.306. The molecule has 2 rings (SSSR count). The Balaban J connectivity index is 0.000000720. The predicted octanol–water partition coefficient (Wildman–Crippen LogP) is -6.68. The fourth-order valence-corrected chi connectivity index (χ4v) is 135. The van der Waals surface area contributed by atoms with Crippen molar-refractivity contribution in [3.05, 3.63) is 21.5 Å². The molecule has 2 aliphatic rings. The van der Waals surface area contributed by atoms with Gasteiger partial charge in [-0.05, 0) is 0 Å². The molecule has 68 valence electrons. The van der Waals surface area contributed by atoms with Gasteiger partial charge in [0.05, 0.1) is 0 Å². The average Bonchev–Trinajstić information content (AvgIpc) is 2.60. The Morgan fingerprint density at radius 1 is 1.38 bits per heavy atom. The summed E-state index contributed by atoms with van der Waals surface area (Å²) in [6, 6.07) is 0. The molecule has 1 heterocycles. The molecule has 0 aromatic rings. The Hall–Kier alpha value is 3.05. The molecule has 0 radical (unpaired) electrons. The molecule has 0 bridgehead atoms. The summed E-state index contributed by atoms with van der Waals surface area (Å²) in [5.41, 5.74) is 0. The zero-order chi connectivity index (χ0) is 7.52. The molecule has 0 aromatic heterocycles. The Morgan fingerprint density at radius 3 is 2.77 bits per heavy atom. The van der Waals surface area contributed by atoms with Crippen LogP contribution in [0.25, 0.3) is 0 Å². The second kappa shape index (κ2) is 9.12. The minimum Gasteiger partial charge on any atom is -1.00 e. The molecule has 0 N–H and O–H groups in total. The first-order valence-corrected chi connectivity index (χ1v) is 24.0. The molecule has 7 heteroatoms. The summed E-state index contributed by atoms with van der Waals surface area (Å²) in [5, 5.41) is 0. The van der Waals surface area contributed by atoms with Crippen LogP contribution in [0.5, 0.6) is 0 Å². The smallest absolute Gasteiger partial charge is 1.00 e. The fraction of sp³-hybridized carbons (Fsp3) is 0.167. The zero-order valence-electron chi connectivity index (χ0n) is 6.54. The van der Waals surface area contributed by atoms with Crippen molar-refractivity contribution < 1.29 is 48.0 Å². The molecular formula is C6H6As4Cl2Zr. The Morgan fingerprint density at radius 2 is 2.23 bits per heavy atom. The largest absolute Gasteiger partial charge is 1.00 e. The van der Waals surface area contributed by atoms with Gasteiger partial charge >= 0.3 is 101 Å². The van der Waals surface area contributed by atoms with Crippen molar-refractivity contribution in [3.63, 3.8) is 0 Å². The van der Waals surface area contributed by atoms with Crippen molar-refractivity contribution in [3.8, 4) is 0 Å². The van der Waals surface area contributed by atoms with E-state index in [1.807, 2.05) is 3.28 Å². The second-order valence-electron chi connectivity index (χ2n) is 2.20. The molecule has 1 unspecified atom stereocenters. The Labute approximate surface area is 123 Å². The van der Waals surface area contributed by atoms with Crippen LogP contribution in [0.1, 0.15) is 6.42 Å². The van der Waals surface area contributed by atoms with Crippen molar-refractivity contribution in [2.45, 2.75) is 6.42 Å². The van der Waals surface area contributed by atoms with E-state index in [0.717, 1.165) is 35.4 Å². The SMILES string of the molecule is C1=CC[C]([Zr+2][C]2=[As][As]=[As][AsH]2)=C1.[Cl-].[Cl-]. The van der Waals surface area contributed by atoms with Crippen LogP contribution in [-0.4, -0.2) is 49.9 Å². The minimum atomic E-state index is -0.0495. The summed E-state index contributed by atoms with van der Waals surface area (Å²) in [4.78, 5) is 0. The molecule has 0 nitrogen and oxygen atoms in total. The monoisotopic (exact) mass is 538 g/mol. The van der Waals surface area contributed by atoms with Crippen molar-refractivity contribution >= 4 is 49.9 Å². The second-order valence-corrected chi connectivity index (χ2v) is 46.2. The summed E-state index contributed by atoms with van der Waals surface area (Å²) >= 11 is 3.52. The van der Waals surface area contributed by atoms with Crippen molar-refractivity contribution in [1.82, 2.24) is 0 Å². The zero-order valence-corrected chi connectivity index (χ0v) is 18.2. The third-order valence-corrected chi connectivity index (χ3v) is 83.1. The van der Waals surface area contributed by atoms with E-state index in [1.165, 1.54) is 6.42 Å². The molecule has 0 spiro atoms. The Bertz CT molecular complexity index is 256. The van der Waals surface area contributed by atoms with Crippen LogP contribution in [0.2, 0.25) is 0 Å². The topological polar surface area (TPSA) is 0 Å². The molecule has 1 atom stereocenters. The van der Waals surface area contributed by atoms with E-state index in [1.54, 1.807) is 0 Å².